The van der Waals surface area contributed by atoms with Crippen LogP contribution in [0.5, 0.6) is 0 Å². The molecule has 19 heavy (non-hydrogen) atoms. The molecular formula is C12H19N3O4. The van der Waals surface area contributed by atoms with Gasteiger partial charge in [0.1, 0.15) is 6.54 Å². The Morgan fingerprint density at radius 3 is 2.58 bits per heavy atom. The van der Waals surface area contributed by atoms with Gasteiger partial charge in [-0.2, -0.15) is 4.98 Å². The number of nitrogens with zero attached hydrogens (tertiary/aromatic N) is 3. The van der Waals surface area contributed by atoms with Crippen molar-refractivity contribution in [3.8, 4) is 0 Å². The van der Waals surface area contributed by atoms with E-state index in [0.29, 0.717) is 24.6 Å². The largest absolute Gasteiger partial charge is 0.480 e. The molecule has 7 nitrogen and oxygen atoms in total. The van der Waals surface area contributed by atoms with E-state index >= 15 is 0 Å². The quantitative estimate of drug-likeness (QED) is 0.793. The van der Waals surface area contributed by atoms with E-state index in [1.54, 1.807) is 20.8 Å². The Bertz CT molecular complexity index is 442. The second kappa shape index (κ2) is 6.86. The van der Waals surface area contributed by atoms with Crippen molar-refractivity contribution in [3.05, 3.63) is 11.7 Å². The molecule has 0 spiro atoms. The molecule has 0 atom stereocenters. The van der Waals surface area contributed by atoms with Crippen LogP contribution in [0.4, 0.5) is 0 Å². The van der Waals surface area contributed by atoms with Crippen molar-refractivity contribution in [1.29, 1.82) is 0 Å². The maximum atomic E-state index is 11.9. The third kappa shape index (κ3) is 5.07. The highest BCUT2D eigenvalue weighted by atomic mass is 16.5. The van der Waals surface area contributed by atoms with Gasteiger partial charge in [0, 0.05) is 18.9 Å². The third-order valence-electron chi connectivity index (χ3n) is 2.60. The number of amides is 1. The van der Waals surface area contributed by atoms with Crippen molar-refractivity contribution < 1.29 is 19.2 Å². The molecular weight excluding hydrogens is 250 g/mol. The summed E-state index contributed by atoms with van der Waals surface area (Å²) in [6, 6.07) is -0.130. The molecule has 1 rings (SSSR count). The minimum absolute atomic E-state index is 0.130. The highest BCUT2D eigenvalue weighted by molar-refractivity contribution is 5.81. The Kier molecular flexibility index (Phi) is 5.47. The Hall–Kier alpha value is -1.92. The van der Waals surface area contributed by atoms with Crippen LogP contribution in [-0.2, 0) is 16.0 Å². The first-order valence-corrected chi connectivity index (χ1v) is 6.20. The third-order valence-corrected chi connectivity index (χ3v) is 2.60. The molecule has 0 aliphatic heterocycles. The van der Waals surface area contributed by atoms with E-state index in [1.807, 2.05) is 0 Å². The first kappa shape index (κ1) is 15.1. The van der Waals surface area contributed by atoms with Gasteiger partial charge >= 0.3 is 5.97 Å². The van der Waals surface area contributed by atoms with E-state index in [4.69, 9.17) is 9.63 Å². The van der Waals surface area contributed by atoms with E-state index in [2.05, 4.69) is 10.1 Å². The van der Waals surface area contributed by atoms with Gasteiger partial charge < -0.3 is 14.5 Å². The Labute approximate surface area is 111 Å². The minimum atomic E-state index is -1.01. The molecule has 1 aromatic heterocycles. The lowest BCUT2D eigenvalue weighted by atomic mass is 10.2. The van der Waals surface area contributed by atoms with Gasteiger partial charge in [0.25, 0.3) is 0 Å². The summed E-state index contributed by atoms with van der Waals surface area (Å²) < 4.78 is 4.94. The van der Waals surface area contributed by atoms with Gasteiger partial charge in [-0.15, -0.1) is 0 Å². The van der Waals surface area contributed by atoms with Crippen LogP contribution in [0.25, 0.3) is 0 Å². The van der Waals surface area contributed by atoms with E-state index in [-0.39, 0.29) is 24.9 Å². The van der Waals surface area contributed by atoms with Gasteiger partial charge in [-0.25, -0.2) is 0 Å². The topological polar surface area (TPSA) is 96.5 Å². The summed E-state index contributed by atoms with van der Waals surface area (Å²) in [5, 5.41) is 12.4. The first-order chi connectivity index (χ1) is 8.90. The fourth-order valence-electron chi connectivity index (χ4n) is 1.68. The lowest BCUT2D eigenvalue weighted by Gasteiger charge is -2.24. The van der Waals surface area contributed by atoms with Gasteiger partial charge in [-0.3, -0.25) is 9.59 Å². The van der Waals surface area contributed by atoms with E-state index in [0.717, 1.165) is 0 Å². The van der Waals surface area contributed by atoms with Crippen LogP contribution in [0.3, 0.4) is 0 Å². The molecule has 0 fully saturated rings. The zero-order chi connectivity index (χ0) is 14.4. The second-order valence-corrected chi connectivity index (χ2v) is 4.60. The van der Waals surface area contributed by atoms with Crippen molar-refractivity contribution in [2.45, 2.75) is 46.1 Å². The van der Waals surface area contributed by atoms with Crippen LogP contribution in [-0.4, -0.2) is 44.6 Å². The van der Waals surface area contributed by atoms with Gasteiger partial charge in [-0.1, -0.05) is 5.16 Å². The normalized spacial score (nSPS) is 10.7. The highest BCUT2D eigenvalue weighted by Crippen LogP contribution is 2.07. The molecule has 1 amide bonds. The molecule has 0 saturated carbocycles. The summed E-state index contributed by atoms with van der Waals surface area (Å²) >= 11 is 0. The molecule has 1 N–H and O–H groups in total. The molecule has 7 heteroatoms. The Morgan fingerprint density at radius 2 is 2.11 bits per heavy atom. The first-order valence-electron chi connectivity index (χ1n) is 6.20. The lowest BCUT2D eigenvalue weighted by Crippen LogP contribution is -2.40. The SMILES string of the molecule is Cc1noc(CCCC(=O)N(CC(=O)O)C(C)C)n1. The number of hydrogen-bond donors (Lipinski definition) is 1. The summed E-state index contributed by atoms with van der Waals surface area (Å²) in [6.45, 7) is 5.05. The number of rotatable bonds is 7. The predicted octanol–water partition coefficient (Wildman–Crippen LogP) is 1.02. The van der Waals surface area contributed by atoms with Crippen molar-refractivity contribution >= 4 is 11.9 Å². The molecule has 0 aliphatic carbocycles. The van der Waals surface area contributed by atoms with Gasteiger partial charge in [0.15, 0.2) is 5.82 Å². The molecule has 0 aromatic carbocycles. The molecule has 0 bridgehead atoms. The smallest absolute Gasteiger partial charge is 0.323 e. The van der Waals surface area contributed by atoms with Crippen LogP contribution < -0.4 is 0 Å². The molecule has 1 aromatic rings. The highest BCUT2D eigenvalue weighted by Gasteiger charge is 2.19. The standard InChI is InChI=1S/C12H19N3O4/c1-8(2)15(7-12(17)18)11(16)6-4-5-10-13-9(3)14-19-10/h8H,4-7H2,1-3H3,(H,17,18). The second-order valence-electron chi connectivity index (χ2n) is 4.60. The van der Waals surface area contributed by atoms with Crippen molar-refractivity contribution in [2.75, 3.05) is 6.54 Å². The summed E-state index contributed by atoms with van der Waals surface area (Å²) in [4.78, 5) is 28.0. The number of hydrogen-bond acceptors (Lipinski definition) is 5. The molecule has 0 aliphatic rings. The van der Waals surface area contributed by atoms with Crippen molar-refractivity contribution in [2.24, 2.45) is 0 Å². The number of aromatic nitrogens is 2. The number of carboxylic acids is 1. The predicted molar refractivity (Wildman–Crippen MR) is 66.5 cm³/mol. The Morgan fingerprint density at radius 1 is 1.42 bits per heavy atom. The molecule has 0 saturated heterocycles. The number of carbonyl (C=O) groups is 2. The van der Waals surface area contributed by atoms with Crippen LogP contribution in [0, 0.1) is 6.92 Å². The minimum Gasteiger partial charge on any atom is -0.480 e. The molecule has 0 radical (unpaired) electrons. The zero-order valence-electron chi connectivity index (χ0n) is 11.4. The van der Waals surface area contributed by atoms with Gasteiger partial charge in [-0.05, 0) is 27.2 Å². The van der Waals surface area contributed by atoms with E-state index < -0.39 is 5.97 Å². The van der Waals surface area contributed by atoms with Crippen molar-refractivity contribution in [1.82, 2.24) is 15.0 Å². The van der Waals surface area contributed by atoms with Gasteiger partial charge in [0.05, 0.1) is 0 Å². The fourth-order valence-corrected chi connectivity index (χ4v) is 1.68. The van der Waals surface area contributed by atoms with Crippen LogP contribution in [0.1, 0.15) is 38.4 Å². The van der Waals surface area contributed by atoms with Crippen LogP contribution in [0.2, 0.25) is 0 Å². The summed E-state index contributed by atoms with van der Waals surface area (Å²) in [7, 11) is 0. The number of aliphatic carboxylic acids is 1. The fraction of sp³-hybridized carbons (Fsp3) is 0.667. The maximum Gasteiger partial charge on any atom is 0.323 e. The van der Waals surface area contributed by atoms with E-state index in [9.17, 15) is 9.59 Å². The summed E-state index contributed by atoms with van der Waals surface area (Å²) in [5.74, 6) is -0.112. The summed E-state index contributed by atoms with van der Waals surface area (Å²) in [5.41, 5.74) is 0. The van der Waals surface area contributed by atoms with Crippen molar-refractivity contribution in [3.63, 3.8) is 0 Å². The number of carbonyl (C=O) groups excluding carboxylic acids is 1. The number of aryl methyl sites for hydroxylation is 2. The molecule has 0 unspecified atom stereocenters. The van der Waals surface area contributed by atoms with Gasteiger partial charge in [0.2, 0.25) is 11.8 Å². The average Bonchev–Trinajstić information content (AvgIpc) is 2.71. The summed E-state index contributed by atoms with van der Waals surface area (Å²) in [6.07, 6.45) is 1.35. The molecule has 106 valence electrons. The monoisotopic (exact) mass is 269 g/mol. The number of carboxylic acid groups (broad SMARTS) is 1. The van der Waals surface area contributed by atoms with E-state index in [1.165, 1.54) is 4.90 Å². The lowest BCUT2D eigenvalue weighted by molar-refractivity contribution is -0.145. The van der Waals surface area contributed by atoms with Crippen LogP contribution >= 0.6 is 0 Å². The maximum absolute atomic E-state index is 11.9. The zero-order valence-corrected chi connectivity index (χ0v) is 11.4. The van der Waals surface area contributed by atoms with Crippen LogP contribution in [0.15, 0.2) is 4.52 Å². The average molecular weight is 269 g/mol. The Balaban J connectivity index is 2.42. The molecule has 1 heterocycles.